The molecule has 0 atom stereocenters. The van der Waals surface area contributed by atoms with Crippen LogP contribution in [0.25, 0.3) is 0 Å². The van der Waals surface area contributed by atoms with E-state index in [1.54, 1.807) is 6.92 Å². The van der Waals surface area contributed by atoms with E-state index in [1.807, 2.05) is 0 Å². The Balaban J connectivity index is 1.98. The number of nitrogens with zero attached hydrogens (tertiary/aromatic N) is 3. The topological polar surface area (TPSA) is 63.8 Å². The van der Waals surface area contributed by atoms with Crippen LogP contribution in [0, 0.1) is 6.92 Å². The molecule has 0 aliphatic rings. The van der Waals surface area contributed by atoms with Crippen molar-refractivity contribution in [2.75, 3.05) is 5.32 Å². The summed E-state index contributed by atoms with van der Waals surface area (Å²) in [5, 5.41) is 6.36. The Labute approximate surface area is 100 Å². The van der Waals surface area contributed by atoms with E-state index in [9.17, 15) is 13.2 Å². The molecule has 1 N–H and O–H groups in total. The molecule has 96 valence electrons. The summed E-state index contributed by atoms with van der Waals surface area (Å²) in [6.07, 6.45) is -3.61. The monoisotopic (exact) mass is 258 g/mol. The molecule has 2 aromatic heterocycles. The minimum Gasteiger partial charge on any atom is -0.361 e. The molecule has 18 heavy (non-hydrogen) atoms. The molecule has 0 aromatic carbocycles. The zero-order chi connectivity index (χ0) is 13.2. The standard InChI is InChI=1S/C10H9F3N4O/c1-6-16-9(18-17-6)5-15-8-3-2-7(4-14-8)10(11,12)13/h2-4H,5H2,1H3,(H,14,15). The SMILES string of the molecule is Cc1noc(CNc2ccc(C(F)(F)F)cn2)n1. The highest BCUT2D eigenvalue weighted by molar-refractivity contribution is 5.36. The van der Waals surface area contributed by atoms with E-state index in [4.69, 9.17) is 4.52 Å². The normalized spacial score (nSPS) is 11.6. The third kappa shape index (κ3) is 2.96. The first-order valence-corrected chi connectivity index (χ1v) is 5.01. The lowest BCUT2D eigenvalue weighted by molar-refractivity contribution is -0.137. The van der Waals surface area contributed by atoms with Gasteiger partial charge in [0.05, 0.1) is 12.1 Å². The van der Waals surface area contributed by atoms with Crippen LogP contribution < -0.4 is 5.32 Å². The highest BCUT2D eigenvalue weighted by Crippen LogP contribution is 2.28. The summed E-state index contributed by atoms with van der Waals surface area (Å²) in [5.74, 6) is 1.14. The fraction of sp³-hybridized carbons (Fsp3) is 0.300. The fourth-order valence-electron chi connectivity index (χ4n) is 1.24. The summed E-state index contributed by atoms with van der Waals surface area (Å²) in [4.78, 5) is 7.58. The molecule has 0 spiro atoms. The molecule has 2 heterocycles. The molecule has 0 aliphatic heterocycles. The number of hydrogen-bond acceptors (Lipinski definition) is 5. The number of hydrogen-bond donors (Lipinski definition) is 1. The first-order chi connectivity index (χ1) is 8.45. The van der Waals surface area contributed by atoms with Gasteiger partial charge in [-0.2, -0.15) is 18.2 Å². The van der Waals surface area contributed by atoms with Crippen molar-refractivity contribution in [1.29, 1.82) is 0 Å². The van der Waals surface area contributed by atoms with Gasteiger partial charge in [0.1, 0.15) is 5.82 Å². The maximum atomic E-state index is 12.3. The molecule has 0 bridgehead atoms. The van der Waals surface area contributed by atoms with E-state index >= 15 is 0 Å². The third-order valence-corrected chi connectivity index (χ3v) is 2.08. The zero-order valence-corrected chi connectivity index (χ0v) is 9.32. The van der Waals surface area contributed by atoms with Gasteiger partial charge in [-0.15, -0.1) is 0 Å². The predicted octanol–water partition coefficient (Wildman–Crippen LogP) is 2.40. The molecule has 0 unspecified atom stereocenters. The Morgan fingerprint density at radius 2 is 2.11 bits per heavy atom. The third-order valence-electron chi connectivity index (χ3n) is 2.08. The van der Waals surface area contributed by atoms with Crippen molar-refractivity contribution in [1.82, 2.24) is 15.1 Å². The van der Waals surface area contributed by atoms with Crippen molar-refractivity contribution in [3.05, 3.63) is 35.6 Å². The molecule has 5 nitrogen and oxygen atoms in total. The van der Waals surface area contributed by atoms with Crippen molar-refractivity contribution in [3.8, 4) is 0 Å². The van der Waals surface area contributed by atoms with Crippen molar-refractivity contribution in [3.63, 3.8) is 0 Å². The van der Waals surface area contributed by atoms with Crippen LogP contribution >= 0.6 is 0 Å². The molecule has 0 aliphatic carbocycles. The van der Waals surface area contributed by atoms with Crippen molar-refractivity contribution in [2.24, 2.45) is 0 Å². The lowest BCUT2D eigenvalue weighted by Crippen LogP contribution is -2.07. The summed E-state index contributed by atoms with van der Waals surface area (Å²) in [7, 11) is 0. The Hall–Kier alpha value is -2.12. The Kier molecular flexibility index (Phi) is 3.17. The van der Waals surface area contributed by atoms with Crippen LogP contribution in [0.5, 0.6) is 0 Å². The highest BCUT2D eigenvalue weighted by atomic mass is 19.4. The quantitative estimate of drug-likeness (QED) is 0.915. The lowest BCUT2D eigenvalue weighted by Gasteiger charge is -2.07. The number of nitrogens with one attached hydrogen (secondary N) is 1. The van der Waals surface area contributed by atoms with Crippen LogP contribution in [0.1, 0.15) is 17.3 Å². The van der Waals surface area contributed by atoms with Gasteiger partial charge in [0, 0.05) is 6.20 Å². The fourth-order valence-corrected chi connectivity index (χ4v) is 1.24. The van der Waals surface area contributed by atoms with Gasteiger partial charge in [0.2, 0.25) is 5.89 Å². The lowest BCUT2D eigenvalue weighted by atomic mass is 10.3. The molecule has 2 aromatic rings. The van der Waals surface area contributed by atoms with Gasteiger partial charge < -0.3 is 9.84 Å². The number of anilines is 1. The van der Waals surface area contributed by atoms with E-state index in [1.165, 1.54) is 6.07 Å². The van der Waals surface area contributed by atoms with Gasteiger partial charge in [-0.1, -0.05) is 5.16 Å². The largest absolute Gasteiger partial charge is 0.417 e. The van der Waals surface area contributed by atoms with Gasteiger partial charge in [-0.05, 0) is 19.1 Å². The predicted molar refractivity (Wildman–Crippen MR) is 55.6 cm³/mol. The highest BCUT2D eigenvalue weighted by Gasteiger charge is 2.30. The van der Waals surface area contributed by atoms with Gasteiger partial charge in [-0.25, -0.2) is 4.98 Å². The molecular formula is C10H9F3N4O. The van der Waals surface area contributed by atoms with Crippen LogP contribution in [-0.2, 0) is 12.7 Å². The number of aryl methyl sites for hydroxylation is 1. The molecule has 0 saturated heterocycles. The van der Waals surface area contributed by atoms with Gasteiger partial charge >= 0.3 is 6.18 Å². The first-order valence-electron chi connectivity index (χ1n) is 5.01. The Bertz CT molecular complexity index is 521. The maximum absolute atomic E-state index is 12.3. The van der Waals surface area contributed by atoms with Gasteiger partial charge in [0.15, 0.2) is 5.82 Å². The van der Waals surface area contributed by atoms with Gasteiger partial charge in [0.25, 0.3) is 0 Å². The average Bonchev–Trinajstić information content (AvgIpc) is 2.72. The summed E-state index contributed by atoms with van der Waals surface area (Å²) >= 11 is 0. The molecular weight excluding hydrogens is 249 g/mol. The Morgan fingerprint density at radius 1 is 1.33 bits per heavy atom. The van der Waals surface area contributed by atoms with Crippen LogP contribution in [-0.4, -0.2) is 15.1 Å². The Morgan fingerprint density at radius 3 is 2.61 bits per heavy atom. The van der Waals surface area contributed by atoms with Crippen LogP contribution in [0.3, 0.4) is 0 Å². The second kappa shape index (κ2) is 4.63. The molecule has 0 amide bonds. The van der Waals surface area contributed by atoms with E-state index in [0.29, 0.717) is 17.5 Å². The van der Waals surface area contributed by atoms with Crippen LogP contribution in [0.4, 0.5) is 19.0 Å². The van der Waals surface area contributed by atoms with Crippen molar-refractivity contribution in [2.45, 2.75) is 19.6 Å². The second-order valence-corrected chi connectivity index (χ2v) is 3.52. The van der Waals surface area contributed by atoms with Crippen LogP contribution in [0.2, 0.25) is 0 Å². The smallest absolute Gasteiger partial charge is 0.361 e. The summed E-state index contributed by atoms with van der Waals surface area (Å²) in [5.41, 5.74) is -0.790. The van der Waals surface area contributed by atoms with Crippen molar-refractivity contribution >= 4 is 5.82 Å². The molecule has 0 radical (unpaired) electrons. The van der Waals surface area contributed by atoms with E-state index in [2.05, 4.69) is 20.4 Å². The number of rotatable bonds is 3. The number of halogens is 3. The first kappa shape index (κ1) is 12.3. The average molecular weight is 258 g/mol. The van der Waals surface area contributed by atoms with Gasteiger partial charge in [-0.3, -0.25) is 0 Å². The number of aromatic nitrogens is 3. The molecule has 0 saturated carbocycles. The zero-order valence-electron chi connectivity index (χ0n) is 9.32. The second-order valence-electron chi connectivity index (χ2n) is 3.52. The summed E-state index contributed by atoms with van der Waals surface area (Å²) in [6, 6.07) is 2.19. The number of alkyl halides is 3. The maximum Gasteiger partial charge on any atom is 0.417 e. The molecule has 2 rings (SSSR count). The van der Waals surface area contributed by atoms with E-state index in [-0.39, 0.29) is 6.54 Å². The van der Waals surface area contributed by atoms with Crippen LogP contribution in [0.15, 0.2) is 22.9 Å². The summed E-state index contributed by atoms with van der Waals surface area (Å²) < 4.78 is 41.7. The molecule has 0 fully saturated rings. The van der Waals surface area contributed by atoms with E-state index < -0.39 is 11.7 Å². The number of pyridine rings is 1. The van der Waals surface area contributed by atoms with E-state index in [0.717, 1.165) is 12.3 Å². The minimum atomic E-state index is -4.38. The minimum absolute atomic E-state index is 0.208. The summed E-state index contributed by atoms with van der Waals surface area (Å²) in [6.45, 7) is 1.88. The van der Waals surface area contributed by atoms with Crippen molar-refractivity contribution < 1.29 is 17.7 Å². The molecule has 8 heteroatoms.